The molecule has 0 atom stereocenters. The number of aromatic nitrogens is 3. The molecule has 17 heavy (non-hydrogen) atoms. The number of rotatable bonds is 3. The van der Waals surface area contributed by atoms with Crippen LogP contribution in [0.25, 0.3) is 0 Å². The van der Waals surface area contributed by atoms with Crippen LogP contribution in [-0.2, 0) is 12.1 Å². The molecule has 0 radical (unpaired) electrons. The third kappa shape index (κ3) is 1.58. The Kier molecular flexibility index (Phi) is 2.48. The van der Waals surface area contributed by atoms with E-state index >= 15 is 0 Å². The molecule has 3 rings (SSSR count). The van der Waals surface area contributed by atoms with Crippen molar-refractivity contribution in [2.24, 2.45) is 5.73 Å². The zero-order chi connectivity index (χ0) is 11.7. The molecule has 5 nitrogen and oxygen atoms in total. The van der Waals surface area contributed by atoms with Crippen molar-refractivity contribution < 1.29 is 4.52 Å². The first kappa shape index (κ1) is 10.5. The summed E-state index contributed by atoms with van der Waals surface area (Å²) in [6.45, 7) is 0.300. The van der Waals surface area contributed by atoms with Gasteiger partial charge in [-0.05, 0) is 25.0 Å². The van der Waals surface area contributed by atoms with Crippen molar-refractivity contribution >= 4 is 0 Å². The van der Waals surface area contributed by atoms with Crippen molar-refractivity contribution in [1.82, 2.24) is 14.7 Å². The van der Waals surface area contributed by atoms with Crippen LogP contribution < -0.4 is 5.73 Å². The molecule has 0 bridgehead atoms. The van der Waals surface area contributed by atoms with Crippen LogP contribution in [0.1, 0.15) is 37.4 Å². The quantitative estimate of drug-likeness (QED) is 0.873. The van der Waals surface area contributed by atoms with E-state index in [2.05, 4.69) is 27.1 Å². The predicted molar refractivity (Wildman–Crippen MR) is 62.2 cm³/mol. The van der Waals surface area contributed by atoms with Gasteiger partial charge >= 0.3 is 0 Å². The van der Waals surface area contributed by atoms with Crippen molar-refractivity contribution in [3.05, 3.63) is 36.2 Å². The lowest BCUT2D eigenvalue weighted by molar-refractivity contribution is 0.313. The Hall–Kier alpha value is -1.62. The highest BCUT2D eigenvalue weighted by atomic mass is 16.5. The maximum Gasteiger partial charge on any atom is 0.240 e. The fourth-order valence-corrected chi connectivity index (χ4v) is 2.70. The van der Waals surface area contributed by atoms with Gasteiger partial charge in [-0.3, -0.25) is 0 Å². The summed E-state index contributed by atoms with van der Waals surface area (Å²) >= 11 is 0. The molecule has 0 unspecified atom stereocenters. The summed E-state index contributed by atoms with van der Waals surface area (Å²) in [6.07, 6.45) is 8.67. The third-order valence-electron chi connectivity index (χ3n) is 3.59. The minimum atomic E-state index is -0.125. The van der Waals surface area contributed by atoms with Gasteiger partial charge in [0.25, 0.3) is 0 Å². The van der Waals surface area contributed by atoms with Crippen LogP contribution in [0, 0.1) is 0 Å². The van der Waals surface area contributed by atoms with Gasteiger partial charge in [-0.2, -0.15) is 4.98 Å². The Labute approximate surface area is 99.6 Å². The average molecular weight is 232 g/mol. The van der Waals surface area contributed by atoms with E-state index in [0.29, 0.717) is 12.4 Å². The minimum absolute atomic E-state index is 0.125. The topological polar surface area (TPSA) is 69.9 Å². The van der Waals surface area contributed by atoms with E-state index in [0.717, 1.165) is 18.7 Å². The molecule has 1 saturated carbocycles. The van der Waals surface area contributed by atoms with Gasteiger partial charge in [0.1, 0.15) is 5.54 Å². The zero-order valence-corrected chi connectivity index (χ0v) is 9.67. The van der Waals surface area contributed by atoms with Gasteiger partial charge in [0, 0.05) is 12.4 Å². The second-order valence-corrected chi connectivity index (χ2v) is 4.54. The molecular weight excluding hydrogens is 216 g/mol. The van der Waals surface area contributed by atoms with Crippen molar-refractivity contribution in [3.63, 3.8) is 0 Å². The van der Waals surface area contributed by atoms with Crippen LogP contribution in [0.2, 0.25) is 0 Å². The third-order valence-corrected chi connectivity index (χ3v) is 3.59. The van der Waals surface area contributed by atoms with E-state index in [9.17, 15) is 0 Å². The molecule has 5 heteroatoms. The summed E-state index contributed by atoms with van der Waals surface area (Å²) in [6, 6.07) is 4.06. The maximum atomic E-state index is 5.52. The lowest BCUT2D eigenvalue weighted by atomic mass is 9.96. The zero-order valence-electron chi connectivity index (χ0n) is 9.67. The lowest BCUT2D eigenvalue weighted by Gasteiger charge is -2.27. The largest absolute Gasteiger partial charge is 0.341 e. The second kappa shape index (κ2) is 4.00. The van der Waals surface area contributed by atoms with Crippen LogP contribution in [0.5, 0.6) is 0 Å². The van der Waals surface area contributed by atoms with Gasteiger partial charge < -0.3 is 14.8 Å². The summed E-state index contributed by atoms with van der Waals surface area (Å²) in [5.41, 5.74) is 5.40. The molecular formula is C12H16N4O. The molecule has 0 saturated heterocycles. The fourth-order valence-electron chi connectivity index (χ4n) is 2.70. The molecule has 2 aromatic rings. The summed E-state index contributed by atoms with van der Waals surface area (Å²) in [7, 11) is 0. The van der Waals surface area contributed by atoms with E-state index in [1.807, 2.05) is 12.1 Å². The van der Waals surface area contributed by atoms with Crippen LogP contribution in [-0.4, -0.2) is 14.7 Å². The Morgan fingerprint density at radius 1 is 1.29 bits per heavy atom. The highest BCUT2D eigenvalue weighted by Gasteiger charge is 2.41. The highest BCUT2D eigenvalue weighted by Crippen LogP contribution is 2.40. The summed E-state index contributed by atoms with van der Waals surface area (Å²) in [5, 5.41) is 4.11. The molecule has 2 aromatic heterocycles. The molecule has 1 fully saturated rings. The first-order chi connectivity index (χ1) is 8.35. The number of hydrogen-bond acceptors (Lipinski definition) is 4. The smallest absolute Gasteiger partial charge is 0.240 e. The van der Waals surface area contributed by atoms with E-state index in [1.165, 1.54) is 12.8 Å². The predicted octanol–water partition coefficient (Wildman–Crippen LogP) is 1.65. The van der Waals surface area contributed by atoms with Gasteiger partial charge in [0.05, 0.1) is 6.54 Å². The van der Waals surface area contributed by atoms with E-state index < -0.39 is 0 Å². The highest BCUT2D eigenvalue weighted by molar-refractivity contribution is 5.13. The molecule has 2 N–H and O–H groups in total. The van der Waals surface area contributed by atoms with Crippen LogP contribution in [0.15, 0.2) is 29.0 Å². The Morgan fingerprint density at radius 2 is 2.00 bits per heavy atom. The number of hydrogen-bond donors (Lipinski definition) is 1. The van der Waals surface area contributed by atoms with Crippen LogP contribution in [0.3, 0.4) is 0 Å². The Balaban J connectivity index is 2.05. The first-order valence-electron chi connectivity index (χ1n) is 6.02. The van der Waals surface area contributed by atoms with Gasteiger partial charge in [-0.1, -0.05) is 18.0 Å². The van der Waals surface area contributed by atoms with Gasteiger partial charge in [-0.25, -0.2) is 0 Å². The number of nitrogens with zero attached hydrogens (tertiary/aromatic N) is 3. The maximum absolute atomic E-state index is 5.52. The molecule has 1 aliphatic rings. The summed E-state index contributed by atoms with van der Waals surface area (Å²) in [5.74, 6) is 1.28. The molecule has 0 aliphatic heterocycles. The van der Waals surface area contributed by atoms with Crippen molar-refractivity contribution in [1.29, 1.82) is 0 Å². The Bertz CT molecular complexity index is 482. The van der Waals surface area contributed by atoms with Gasteiger partial charge in [-0.15, -0.1) is 0 Å². The van der Waals surface area contributed by atoms with Crippen LogP contribution >= 0.6 is 0 Å². The molecule has 0 amide bonds. The molecule has 0 spiro atoms. The average Bonchev–Trinajstić information content (AvgIpc) is 3.10. The van der Waals surface area contributed by atoms with Crippen molar-refractivity contribution in [2.75, 3.05) is 0 Å². The monoisotopic (exact) mass is 232 g/mol. The summed E-state index contributed by atoms with van der Waals surface area (Å²) < 4.78 is 7.35. The second-order valence-electron chi connectivity index (χ2n) is 4.54. The molecule has 2 heterocycles. The van der Waals surface area contributed by atoms with E-state index in [1.54, 1.807) is 0 Å². The molecule has 90 valence electrons. The number of nitrogens with two attached hydrogens (primary N) is 1. The van der Waals surface area contributed by atoms with Crippen LogP contribution in [0.4, 0.5) is 0 Å². The molecule has 0 aromatic carbocycles. The molecule has 1 aliphatic carbocycles. The van der Waals surface area contributed by atoms with Gasteiger partial charge in [0.15, 0.2) is 5.82 Å². The van der Waals surface area contributed by atoms with Crippen molar-refractivity contribution in [3.8, 4) is 0 Å². The summed E-state index contributed by atoms with van der Waals surface area (Å²) in [4.78, 5) is 4.42. The normalized spacial score (nSPS) is 18.6. The fraction of sp³-hybridized carbons (Fsp3) is 0.500. The van der Waals surface area contributed by atoms with E-state index in [-0.39, 0.29) is 5.54 Å². The Morgan fingerprint density at radius 3 is 2.59 bits per heavy atom. The standard InChI is InChI=1S/C12H16N4O/c13-9-10-14-11(15-17-10)12(5-1-2-6-12)16-7-3-4-8-16/h3-4,7-8H,1-2,5-6,9,13H2. The SMILES string of the molecule is NCc1nc(C2(n3cccc3)CCCC2)no1. The lowest BCUT2D eigenvalue weighted by Crippen LogP contribution is -2.32. The van der Waals surface area contributed by atoms with E-state index in [4.69, 9.17) is 10.3 Å². The first-order valence-corrected chi connectivity index (χ1v) is 6.02. The minimum Gasteiger partial charge on any atom is -0.341 e. The van der Waals surface area contributed by atoms with Crippen molar-refractivity contribution in [2.45, 2.75) is 37.8 Å². The van der Waals surface area contributed by atoms with Gasteiger partial charge in [0.2, 0.25) is 5.89 Å².